The zero-order valence-electron chi connectivity index (χ0n) is 12.7. The van der Waals surface area contributed by atoms with E-state index in [9.17, 15) is 19.8 Å². The number of hydrogen-bond acceptors (Lipinski definition) is 2. The molecule has 0 atom stereocenters. The lowest BCUT2D eigenvalue weighted by atomic mass is 9.88. The number of fused-ring (bicyclic) bond motifs is 1. The van der Waals surface area contributed by atoms with Gasteiger partial charge in [-0.3, -0.25) is 0 Å². The summed E-state index contributed by atoms with van der Waals surface area (Å²) in [5.74, 6) is -2.41. The van der Waals surface area contributed by atoms with Crippen LogP contribution in [0.1, 0.15) is 55.8 Å². The third-order valence-corrected chi connectivity index (χ3v) is 4.40. The molecule has 23 heavy (non-hydrogen) atoms. The molecule has 3 rings (SSSR count). The second-order valence-corrected chi connectivity index (χ2v) is 5.94. The molecule has 0 aliphatic heterocycles. The molecule has 1 aliphatic rings. The van der Waals surface area contributed by atoms with E-state index in [1.165, 1.54) is 30.0 Å². The van der Waals surface area contributed by atoms with Crippen LogP contribution < -0.4 is 0 Å². The Hall–Kier alpha value is -2.62. The van der Waals surface area contributed by atoms with Crippen molar-refractivity contribution in [3.05, 3.63) is 69.8 Å². The lowest BCUT2D eigenvalue weighted by molar-refractivity contribution is 0.0650. The predicted octanol–water partition coefficient (Wildman–Crippen LogP) is 3.55. The summed E-state index contributed by atoms with van der Waals surface area (Å²) in [7, 11) is 0. The Morgan fingerprint density at radius 3 is 2.35 bits per heavy atom. The summed E-state index contributed by atoms with van der Waals surface area (Å²) in [6.07, 6.45) is 4.99. The zero-order chi connectivity index (χ0) is 16.4. The highest BCUT2D eigenvalue weighted by molar-refractivity contribution is 6.02. The first-order chi connectivity index (χ1) is 11.1. The normalized spacial score (nSPS) is 13.4. The van der Waals surface area contributed by atoms with E-state index in [4.69, 9.17) is 0 Å². The van der Waals surface area contributed by atoms with Gasteiger partial charge in [-0.2, -0.15) is 0 Å². The molecule has 0 heterocycles. The molecular weight excluding hydrogens is 292 g/mol. The summed E-state index contributed by atoms with van der Waals surface area (Å²) in [5.41, 5.74) is 3.99. The second-order valence-electron chi connectivity index (χ2n) is 5.94. The van der Waals surface area contributed by atoms with Crippen LogP contribution in [0.2, 0.25) is 0 Å². The molecule has 2 aromatic rings. The highest BCUT2D eigenvalue weighted by atomic mass is 16.4. The minimum atomic E-state index is -1.21. The number of hydrogen-bond donors (Lipinski definition) is 2. The van der Waals surface area contributed by atoms with Crippen molar-refractivity contribution in [2.45, 2.75) is 32.1 Å². The molecule has 0 aromatic heterocycles. The number of rotatable bonds is 4. The van der Waals surface area contributed by atoms with Crippen molar-refractivity contribution in [2.75, 3.05) is 0 Å². The van der Waals surface area contributed by atoms with Crippen LogP contribution in [0.3, 0.4) is 0 Å². The molecule has 0 saturated carbocycles. The summed E-state index contributed by atoms with van der Waals surface area (Å²) in [6, 6.07) is 10.9. The Kier molecular flexibility index (Phi) is 4.15. The van der Waals surface area contributed by atoms with Crippen LogP contribution in [0.4, 0.5) is 0 Å². The maximum absolute atomic E-state index is 11.5. The molecule has 2 aromatic carbocycles. The Labute approximate surface area is 134 Å². The van der Waals surface area contributed by atoms with E-state index in [0.717, 1.165) is 18.4 Å². The fourth-order valence-electron chi connectivity index (χ4n) is 3.29. The molecule has 0 radical (unpaired) electrons. The van der Waals surface area contributed by atoms with E-state index in [-0.39, 0.29) is 11.1 Å². The minimum absolute atomic E-state index is 0.113. The standard InChI is InChI=1S/C19H18O4/c20-18(21)16-7-3-6-15(17(16)19(22)23)11-12-8-9-13-4-1-2-5-14(13)10-12/h3,6-10H,1-2,4-5,11H2,(H,20,21)(H,22,23). The minimum Gasteiger partial charge on any atom is -0.478 e. The lowest BCUT2D eigenvalue weighted by Crippen LogP contribution is -2.12. The van der Waals surface area contributed by atoms with Crippen molar-refractivity contribution in [2.24, 2.45) is 0 Å². The summed E-state index contributed by atoms with van der Waals surface area (Å²) < 4.78 is 0. The Morgan fingerprint density at radius 2 is 1.65 bits per heavy atom. The molecular formula is C19H18O4. The summed E-state index contributed by atoms with van der Waals surface area (Å²) >= 11 is 0. The van der Waals surface area contributed by atoms with Gasteiger partial charge in [0.2, 0.25) is 0 Å². The van der Waals surface area contributed by atoms with Gasteiger partial charge in [-0.05, 0) is 60.4 Å². The van der Waals surface area contributed by atoms with E-state index in [1.807, 2.05) is 6.07 Å². The van der Waals surface area contributed by atoms with Crippen molar-refractivity contribution >= 4 is 11.9 Å². The van der Waals surface area contributed by atoms with Crippen LogP contribution in [0, 0.1) is 0 Å². The van der Waals surface area contributed by atoms with Crippen LogP contribution in [-0.4, -0.2) is 22.2 Å². The van der Waals surface area contributed by atoms with Crippen LogP contribution in [0.5, 0.6) is 0 Å². The van der Waals surface area contributed by atoms with E-state index >= 15 is 0 Å². The summed E-state index contributed by atoms with van der Waals surface area (Å²) in [4.78, 5) is 22.8. The van der Waals surface area contributed by atoms with Crippen molar-refractivity contribution in [3.63, 3.8) is 0 Å². The first-order valence-electron chi connectivity index (χ1n) is 7.75. The van der Waals surface area contributed by atoms with E-state index < -0.39 is 11.9 Å². The van der Waals surface area contributed by atoms with Crippen molar-refractivity contribution in [3.8, 4) is 0 Å². The lowest BCUT2D eigenvalue weighted by Gasteiger charge is -2.17. The van der Waals surface area contributed by atoms with Gasteiger partial charge in [-0.15, -0.1) is 0 Å². The fraction of sp³-hybridized carbons (Fsp3) is 0.263. The molecule has 4 heteroatoms. The number of aryl methyl sites for hydroxylation is 2. The quantitative estimate of drug-likeness (QED) is 0.905. The van der Waals surface area contributed by atoms with Gasteiger partial charge in [0, 0.05) is 0 Å². The monoisotopic (exact) mass is 310 g/mol. The predicted molar refractivity (Wildman–Crippen MR) is 86.3 cm³/mol. The van der Waals surface area contributed by atoms with Gasteiger partial charge in [0.15, 0.2) is 0 Å². The third kappa shape index (κ3) is 3.11. The Balaban J connectivity index is 1.98. The molecule has 0 bridgehead atoms. The van der Waals surface area contributed by atoms with Crippen molar-refractivity contribution in [1.29, 1.82) is 0 Å². The van der Waals surface area contributed by atoms with Gasteiger partial charge in [0.05, 0.1) is 11.1 Å². The van der Waals surface area contributed by atoms with Crippen LogP contribution >= 0.6 is 0 Å². The smallest absolute Gasteiger partial charge is 0.336 e. The summed E-state index contributed by atoms with van der Waals surface area (Å²) in [6.45, 7) is 0. The average molecular weight is 310 g/mol. The number of aromatic carboxylic acids is 2. The Morgan fingerprint density at radius 1 is 0.913 bits per heavy atom. The highest BCUT2D eigenvalue weighted by Crippen LogP contribution is 2.25. The molecule has 2 N–H and O–H groups in total. The number of carbonyl (C=O) groups is 2. The van der Waals surface area contributed by atoms with Gasteiger partial charge in [-0.25, -0.2) is 9.59 Å². The van der Waals surface area contributed by atoms with Gasteiger partial charge in [0.25, 0.3) is 0 Å². The van der Waals surface area contributed by atoms with Crippen LogP contribution in [-0.2, 0) is 19.3 Å². The van der Waals surface area contributed by atoms with Crippen LogP contribution in [0.25, 0.3) is 0 Å². The number of carboxylic acids is 2. The Bertz CT molecular complexity index is 777. The SMILES string of the molecule is O=C(O)c1cccc(Cc2ccc3c(c2)CCCC3)c1C(=O)O. The molecule has 118 valence electrons. The fourth-order valence-corrected chi connectivity index (χ4v) is 3.29. The largest absolute Gasteiger partial charge is 0.478 e. The number of benzene rings is 2. The van der Waals surface area contributed by atoms with E-state index in [1.54, 1.807) is 12.1 Å². The molecule has 0 unspecified atom stereocenters. The van der Waals surface area contributed by atoms with Crippen molar-refractivity contribution < 1.29 is 19.8 Å². The first kappa shape index (κ1) is 15.3. The first-order valence-corrected chi connectivity index (χ1v) is 7.75. The van der Waals surface area contributed by atoms with Gasteiger partial charge in [0.1, 0.15) is 0 Å². The maximum atomic E-state index is 11.5. The molecule has 0 saturated heterocycles. The molecule has 0 amide bonds. The maximum Gasteiger partial charge on any atom is 0.336 e. The third-order valence-electron chi connectivity index (χ3n) is 4.40. The van der Waals surface area contributed by atoms with E-state index in [2.05, 4.69) is 12.1 Å². The molecule has 0 spiro atoms. The average Bonchev–Trinajstić information content (AvgIpc) is 2.54. The molecule has 1 aliphatic carbocycles. The van der Waals surface area contributed by atoms with Gasteiger partial charge >= 0.3 is 11.9 Å². The number of carboxylic acid groups (broad SMARTS) is 2. The topological polar surface area (TPSA) is 74.6 Å². The van der Waals surface area contributed by atoms with E-state index in [0.29, 0.717) is 12.0 Å². The van der Waals surface area contributed by atoms with Crippen LogP contribution in [0.15, 0.2) is 36.4 Å². The molecule has 4 nitrogen and oxygen atoms in total. The van der Waals surface area contributed by atoms with Crippen molar-refractivity contribution in [1.82, 2.24) is 0 Å². The zero-order valence-corrected chi connectivity index (χ0v) is 12.7. The highest BCUT2D eigenvalue weighted by Gasteiger charge is 2.20. The second kappa shape index (κ2) is 6.24. The van der Waals surface area contributed by atoms with Gasteiger partial charge < -0.3 is 10.2 Å². The van der Waals surface area contributed by atoms with Gasteiger partial charge in [-0.1, -0.05) is 30.3 Å². The molecule has 0 fully saturated rings. The summed E-state index contributed by atoms with van der Waals surface area (Å²) in [5, 5.41) is 18.6.